The molecule has 0 aromatic heterocycles. The predicted molar refractivity (Wildman–Crippen MR) is 130 cm³/mol. The third-order valence-electron chi connectivity index (χ3n) is 6.24. The van der Waals surface area contributed by atoms with Gasteiger partial charge in [-0.2, -0.15) is 0 Å². The Balaban J connectivity index is 1.00. The van der Waals surface area contributed by atoms with Crippen LogP contribution in [-0.2, 0) is 49.2 Å². The van der Waals surface area contributed by atoms with E-state index in [1.165, 1.54) is 0 Å². The van der Waals surface area contributed by atoms with Gasteiger partial charge in [0.25, 0.3) is 0 Å². The molecule has 0 unspecified atom stereocenters. The molecule has 1 aromatic rings. The Morgan fingerprint density at radius 3 is 2.14 bits per heavy atom. The number of benzene rings is 1. The summed E-state index contributed by atoms with van der Waals surface area (Å²) in [4.78, 5) is 2.92. The molecule has 3 aliphatic rings. The molecular weight excluding hydrogens is 486 g/mol. The molecule has 3 fully saturated rings. The molecule has 3 aliphatic heterocycles. The van der Waals surface area contributed by atoms with E-state index < -0.39 is 35.9 Å². The number of hydrogen-bond acceptors (Lipinski definition) is 10. The molecule has 206 valence electrons. The molecule has 12 heteroatoms. The van der Waals surface area contributed by atoms with Crippen molar-refractivity contribution in [1.82, 2.24) is 0 Å². The lowest BCUT2D eigenvalue weighted by molar-refractivity contribution is -0.210. The van der Waals surface area contributed by atoms with Crippen molar-refractivity contribution in [2.45, 2.75) is 56.4 Å². The fourth-order valence-electron chi connectivity index (χ4n) is 4.56. The summed E-state index contributed by atoms with van der Waals surface area (Å²) in [6.45, 7) is 8.56. The molecule has 0 N–H and O–H groups in total. The van der Waals surface area contributed by atoms with Gasteiger partial charge >= 0.3 is 0 Å². The molecule has 0 amide bonds. The number of ether oxygens (including phenoxy) is 9. The minimum absolute atomic E-state index is 0.249. The Hall–Kier alpha value is -1.83. The Bertz CT molecular complexity index is 870. The second-order valence-electron chi connectivity index (χ2n) is 9.51. The first-order valence-corrected chi connectivity index (χ1v) is 12.6. The number of fused-ring (bicyclic) bond motifs is 4. The summed E-state index contributed by atoms with van der Waals surface area (Å²) in [6.07, 6.45) is -1.61. The molecule has 0 saturated carbocycles. The fraction of sp³-hybridized carbons (Fsp3) is 0.760. The van der Waals surface area contributed by atoms with Crippen molar-refractivity contribution in [3.63, 3.8) is 0 Å². The lowest BCUT2D eigenvalue weighted by Gasteiger charge is -2.40. The minimum atomic E-state index is -0.819. The van der Waals surface area contributed by atoms with Crippen molar-refractivity contribution >= 4 is 0 Å². The summed E-state index contributed by atoms with van der Waals surface area (Å²) in [6, 6.07) is 9.42. The van der Waals surface area contributed by atoms with Crippen molar-refractivity contribution < 1.29 is 42.6 Å². The summed E-state index contributed by atoms with van der Waals surface area (Å²) >= 11 is 0. The van der Waals surface area contributed by atoms with Gasteiger partial charge in [0.05, 0.1) is 72.7 Å². The van der Waals surface area contributed by atoms with Crippen molar-refractivity contribution in [3.8, 4) is 0 Å². The first kappa shape index (κ1) is 28.2. The molecule has 4 rings (SSSR count). The number of rotatable bonds is 17. The first-order valence-electron chi connectivity index (χ1n) is 12.6. The maximum Gasteiger partial charge on any atom is 0.169 e. The van der Waals surface area contributed by atoms with Crippen LogP contribution in [0.4, 0.5) is 0 Å². The molecule has 5 atom stereocenters. The van der Waals surface area contributed by atoms with Gasteiger partial charge in [0.15, 0.2) is 12.1 Å². The lowest BCUT2D eigenvalue weighted by Crippen LogP contribution is -2.61. The average Bonchev–Trinajstić information content (AvgIpc) is 3.44. The van der Waals surface area contributed by atoms with E-state index in [2.05, 4.69) is 10.0 Å². The van der Waals surface area contributed by atoms with Crippen LogP contribution in [-0.4, -0.2) is 102 Å². The molecular formula is C25H37N3O9. The normalized spacial score (nSPS) is 29.7. The van der Waals surface area contributed by atoms with E-state index in [1.54, 1.807) is 0 Å². The van der Waals surface area contributed by atoms with Crippen molar-refractivity contribution in [1.29, 1.82) is 0 Å². The van der Waals surface area contributed by atoms with Crippen LogP contribution < -0.4 is 0 Å². The predicted octanol–water partition coefficient (Wildman–Crippen LogP) is 2.59. The van der Waals surface area contributed by atoms with Crippen LogP contribution in [0.3, 0.4) is 0 Å². The topological polar surface area (TPSA) is 132 Å². The van der Waals surface area contributed by atoms with Gasteiger partial charge in [0, 0.05) is 4.91 Å². The zero-order chi connectivity index (χ0) is 26.0. The van der Waals surface area contributed by atoms with Gasteiger partial charge in [0.2, 0.25) is 0 Å². The van der Waals surface area contributed by atoms with E-state index in [0.29, 0.717) is 59.5 Å². The molecule has 3 saturated heterocycles. The maximum absolute atomic E-state index is 8.93. The highest BCUT2D eigenvalue weighted by Gasteiger charge is 2.65. The Morgan fingerprint density at radius 1 is 0.865 bits per heavy atom. The molecule has 37 heavy (non-hydrogen) atoms. The fourth-order valence-corrected chi connectivity index (χ4v) is 4.56. The van der Waals surface area contributed by atoms with E-state index >= 15 is 0 Å². The standard InChI is InChI=1S/C25H37N3O9/c1-24(2)35-21-20(27-28-26)23-34-18-25(37-23,22(21)36-24)17-33-15-13-31-11-9-29-8-10-30-12-14-32-16-19-6-4-3-5-7-19/h3-7,20-23H,8-18H2,1-2H3/t20-,21-,22-,23+,25+/m1/s1. The quantitative estimate of drug-likeness (QED) is 0.131. The zero-order valence-electron chi connectivity index (χ0n) is 21.5. The first-order chi connectivity index (χ1) is 18.0. The van der Waals surface area contributed by atoms with Gasteiger partial charge in [-0.25, -0.2) is 0 Å². The van der Waals surface area contributed by atoms with Crippen LogP contribution in [0.2, 0.25) is 0 Å². The van der Waals surface area contributed by atoms with Gasteiger partial charge < -0.3 is 42.6 Å². The number of hydrogen-bond donors (Lipinski definition) is 0. The Labute approximate surface area is 217 Å². The molecule has 2 bridgehead atoms. The van der Waals surface area contributed by atoms with Gasteiger partial charge in [0.1, 0.15) is 23.9 Å². The highest BCUT2D eigenvalue weighted by molar-refractivity contribution is 5.13. The van der Waals surface area contributed by atoms with Gasteiger partial charge in [-0.15, -0.1) is 0 Å². The second-order valence-corrected chi connectivity index (χ2v) is 9.51. The van der Waals surface area contributed by atoms with Crippen molar-refractivity contribution in [2.24, 2.45) is 5.11 Å². The maximum atomic E-state index is 8.93. The van der Waals surface area contributed by atoms with Gasteiger partial charge in [-0.05, 0) is 24.9 Å². The summed E-state index contributed by atoms with van der Waals surface area (Å²) in [5, 5.41) is 3.83. The summed E-state index contributed by atoms with van der Waals surface area (Å²) in [5.74, 6) is -0.816. The largest absolute Gasteiger partial charge is 0.377 e. The Kier molecular flexibility index (Phi) is 10.5. The SMILES string of the molecule is CC1(C)O[C@@H]2[C@@H](N=[N+]=[N-])[C@H]3OC[C@](COCCOCCOCCOCCOCc4ccccc4)(O3)[C@@H]2O1. The van der Waals surface area contributed by atoms with Crippen LogP contribution >= 0.6 is 0 Å². The van der Waals surface area contributed by atoms with Crippen molar-refractivity contribution in [2.75, 3.05) is 66.1 Å². The summed E-state index contributed by atoms with van der Waals surface area (Å²) < 4.78 is 51.9. The van der Waals surface area contributed by atoms with Crippen LogP contribution in [0.15, 0.2) is 35.4 Å². The van der Waals surface area contributed by atoms with E-state index in [1.807, 2.05) is 44.2 Å². The van der Waals surface area contributed by atoms with Crippen LogP contribution in [0.25, 0.3) is 10.4 Å². The molecule has 0 spiro atoms. The van der Waals surface area contributed by atoms with E-state index in [4.69, 9.17) is 48.2 Å². The Morgan fingerprint density at radius 2 is 1.49 bits per heavy atom. The van der Waals surface area contributed by atoms with Crippen LogP contribution in [0, 0.1) is 0 Å². The highest BCUT2D eigenvalue weighted by atomic mass is 16.8. The zero-order valence-corrected chi connectivity index (χ0v) is 21.5. The minimum Gasteiger partial charge on any atom is -0.377 e. The van der Waals surface area contributed by atoms with Crippen LogP contribution in [0.5, 0.6) is 0 Å². The number of azide groups is 1. The van der Waals surface area contributed by atoms with E-state index in [9.17, 15) is 0 Å². The smallest absolute Gasteiger partial charge is 0.169 e. The van der Waals surface area contributed by atoms with Crippen LogP contribution in [0.1, 0.15) is 19.4 Å². The van der Waals surface area contributed by atoms with E-state index in [-0.39, 0.29) is 13.2 Å². The third-order valence-corrected chi connectivity index (χ3v) is 6.24. The highest BCUT2D eigenvalue weighted by Crippen LogP contribution is 2.47. The van der Waals surface area contributed by atoms with Crippen molar-refractivity contribution in [3.05, 3.63) is 46.3 Å². The molecule has 0 aliphatic carbocycles. The van der Waals surface area contributed by atoms with Gasteiger partial charge in [-0.1, -0.05) is 35.4 Å². The summed E-state index contributed by atoms with van der Waals surface area (Å²) in [5.41, 5.74) is 9.26. The van der Waals surface area contributed by atoms with Gasteiger partial charge in [-0.3, -0.25) is 0 Å². The monoisotopic (exact) mass is 523 g/mol. The lowest BCUT2D eigenvalue weighted by atomic mass is 9.89. The molecule has 3 heterocycles. The summed E-state index contributed by atoms with van der Waals surface area (Å²) in [7, 11) is 0. The average molecular weight is 524 g/mol. The molecule has 12 nitrogen and oxygen atoms in total. The molecule has 1 aromatic carbocycles. The second kappa shape index (κ2) is 13.8. The molecule has 0 radical (unpaired) electrons. The number of nitrogens with zero attached hydrogens (tertiary/aromatic N) is 3. The van der Waals surface area contributed by atoms with E-state index in [0.717, 1.165) is 5.56 Å². The third kappa shape index (κ3) is 7.84.